The van der Waals surface area contributed by atoms with Gasteiger partial charge in [-0.2, -0.15) is 0 Å². The minimum Gasteiger partial charge on any atom is -0.455 e. The number of aromatic nitrogens is 2. The van der Waals surface area contributed by atoms with Crippen LogP contribution in [-0.4, -0.2) is 65.2 Å². The number of rotatable bonds is 7. The fourth-order valence-electron chi connectivity index (χ4n) is 6.53. The molecule has 1 amide bonds. The van der Waals surface area contributed by atoms with Crippen LogP contribution in [0.25, 0.3) is 0 Å². The van der Waals surface area contributed by atoms with Crippen molar-refractivity contribution in [3.63, 3.8) is 0 Å². The Morgan fingerprint density at radius 1 is 1.03 bits per heavy atom. The molecule has 186 valence electrons. The summed E-state index contributed by atoms with van der Waals surface area (Å²) in [6, 6.07) is 10.3. The summed E-state index contributed by atoms with van der Waals surface area (Å²) >= 11 is 0. The first kappa shape index (κ1) is 23.9. The SMILES string of the molecule is O=C(NCC[N+]12CCC(CC1)[C@@H](OC(=O)C1(c3ccccc3)CCCCCC1)C2)c1cnccn1. The summed E-state index contributed by atoms with van der Waals surface area (Å²) in [5.41, 5.74) is 0.939. The standard InChI is InChI=1S/C28H36N4O3/c33-26(24-20-29-14-15-30-24)31-16-19-32-17-10-22(11-18-32)25(21-32)35-27(34)28(12-6-1-2-7-13-28)23-8-4-3-5-9-23/h3-5,8-9,14-15,20,22,25H,1-2,6-7,10-13,16-19,21H2/p+1/t22?,25-,32?/m0/s1. The third-order valence-corrected chi connectivity index (χ3v) is 8.64. The predicted octanol–water partition coefficient (Wildman–Crippen LogP) is 3.65. The zero-order valence-electron chi connectivity index (χ0n) is 20.5. The highest BCUT2D eigenvalue weighted by atomic mass is 16.5. The van der Waals surface area contributed by atoms with E-state index < -0.39 is 5.41 Å². The Balaban J connectivity index is 1.24. The van der Waals surface area contributed by atoms with Gasteiger partial charge in [-0.1, -0.05) is 56.0 Å². The van der Waals surface area contributed by atoms with Crippen LogP contribution in [0.4, 0.5) is 0 Å². The fourth-order valence-corrected chi connectivity index (χ4v) is 6.53. The number of hydrogen-bond acceptors (Lipinski definition) is 5. The van der Waals surface area contributed by atoms with Gasteiger partial charge in [0.25, 0.3) is 5.91 Å². The number of ether oxygens (including phenoxy) is 1. The van der Waals surface area contributed by atoms with E-state index in [0.717, 1.165) is 74.8 Å². The van der Waals surface area contributed by atoms with Crippen LogP contribution >= 0.6 is 0 Å². The molecule has 2 aromatic rings. The largest absolute Gasteiger partial charge is 0.455 e. The van der Waals surface area contributed by atoms with E-state index in [0.29, 0.717) is 18.2 Å². The number of amides is 1. The molecule has 7 nitrogen and oxygen atoms in total. The van der Waals surface area contributed by atoms with Crippen LogP contribution in [0.15, 0.2) is 48.9 Å². The lowest BCUT2D eigenvalue weighted by Gasteiger charge is -2.52. The lowest BCUT2D eigenvalue weighted by atomic mass is 9.74. The summed E-state index contributed by atoms with van der Waals surface area (Å²) in [6.07, 6.45) is 13.0. The van der Waals surface area contributed by atoms with E-state index in [2.05, 4.69) is 27.4 Å². The normalized spacial score (nSPS) is 27.5. The van der Waals surface area contributed by atoms with Gasteiger partial charge in [-0.05, 0) is 18.4 Å². The molecule has 1 atom stereocenters. The van der Waals surface area contributed by atoms with Crippen molar-refractivity contribution < 1.29 is 18.8 Å². The number of carbonyl (C=O) groups is 2. The molecule has 0 spiro atoms. The molecule has 1 aliphatic carbocycles. The van der Waals surface area contributed by atoms with Crippen LogP contribution < -0.4 is 5.32 Å². The molecular weight excluding hydrogens is 440 g/mol. The Labute approximate surface area is 207 Å². The number of piperidine rings is 3. The topological polar surface area (TPSA) is 81.2 Å². The van der Waals surface area contributed by atoms with E-state index in [1.54, 1.807) is 6.20 Å². The lowest BCUT2D eigenvalue weighted by Crippen LogP contribution is -2.66. The maximum Gasteiger partial charge on any atom is 0.317 e. The van der Waals surface area contributed by atoms with Gasteiger partial charge in [0.05, 0.1) is 37.8 Å². The van der Waals surface area contributed by atoms with Crippen molar-refractivity contribution in [1.29, 1.82) is 0 Å². The zero-order valence-corrected chi connectivity index (χ0v) is 20.5. The quantitative estimate of drug-likeness (QED) is 0.374. The average Bonchev–Trinajstić information content (AvgIpc) is 3.17. The highest BCUT2D eigenvalue weighted by Gasteiger charge is 2.50. The van der Waals surface area contributed by atoms with E-state index in [1.165, 1.54) is 25.2 Å². The van der Waals surface area contributed by atoms with Crippen LogP contribution in [0.1, 0.15) is 67.4 Å². The maximum absolute atomic E-state index is 13.9. The van der Waals surface area contributed by atoms with Crippen molar-refractivity contribution in [2.45, 2.75) is 62.9 Å². The van der Waals surface area contributed by atoms with Crippen LogP contribution in [0.2, 0.25) is 0 Å². The highest BCUT2D eigenvalue weighted by Crippen LogP contribution is 2.42. The van der Waals surface area contributed by atoms with Crippen LogP contribution in [0.5, 0.6) is 0 Å². The van der Waals surface area contributed by atoms with Crippen molar-refractivity contribution >= 4 is 11.9 Å². The number of hydrogen-bond donors (Lipinski definition) is 1. The van der Waals surface area contributed by atoms with Crippen LogP contribution in [0.3, 0.4) is 0 Å². The first-order valence-corrected chi connectivity index (χ1v) is 13.3. The number of fused-ring (bicyclic) bond motifs is 3. The molecule has 1 aromatic carbocycles. The fraction of sp³-hybridized carbons (Fsp3) is 0.571. The smallest absolute Gasteiger partial charge is 0.317 e. The second kappa shape index (κ2) is 10.4. The van der Waals surface area contributed by atoms with E-state index in [4.69, 9.17) is 4.74 Å². The van der Waals surface area contributed by atoms with E-state index in [9.17, 15) is 9.59 Å². The van der Waals surface area contributed by atoms with Gasteiger partial charge in [-0.15, -0.1) is 0 Å². The maximum atomic E-state index is 13.9. The summed E-state index contributed by atoms with van der Waals surface area (Å²) in [6.45, 7) is 4.45. The van der Waals surface area contributed by atoms with Gasteiger partial charge >= 0.3 is 5.97 Å². The Hall–Kier alpha value is -2.80. The first-order valence-electron chi connectivity index (χ1n) is 13.3. The van der Waals surface area contributed by atoms with Gasteiger partial charge in [-0.3, -0.25) is 14.6 Å². The summed E-state index contributed by atoms with van der Waals surface area (Å²) in [5, 5.41) is 3.00. The number of benzene rings is 1. The van der Waals surface area contributed by atoms with Gasteiger partial charge < -0.3 is 14.5 Å². The third-order valence-electron chi connectivity index (χ3n) is 8.64. The summed E-state index contributed by atoms with van der Waals surface area (Å²) < 4.78 is 7.35. The summed E-state index contributed by atoms with van der Waals surface area (Å²) in [7, 11) is 0. The van der Waals surface area contributed by atoms with Crippen molar-refractivity contribution in [3.8, 4) is 0 Å². The molecule has 4 aliphatic rings. The Morgan fingerprint density at radius 3 is 2.46 bits per heavy atom. The molecule has 1 aromatic heterocycles. The minimum atomic E-state index is -0.515. The molecule has 0 unspecified atom stereocenters. The second-order valence-corrected chi connectivity index (χ2v) is 10.7. The van der Waals surface area contributed by atoms with E-state index in [-0.39, 0.29) is 18.0 Å². The van der Waals surface area contributed by atoms with Crippen molar-refractivity contribution in [2.24, 2.45) is 5.92 Å². The molecule has 4 heterocycles. The highest BCUT2D eigenvalue weighted by molar-refractivity contribution is 5.91. The second-order valence-electron chi connectivity index (χ2n) is 10.7. The molecule has 7 heteroatoms. The Kier molecular flexibility index (Phi) is 7.14. The molecule has 1 saturated carbocycles. The summed E-state index contributed by atoms with van der Waals surface area (Å²) in [4.78, 5) is 34.3. The number of nitrogens with zero attached hydrogens (tertiary/aromatic N) is 3. The number of nitrogens with one attached hydrogen (secondary N) is 1. The Morgan fingerprint density at radius 2 is 1.77 bits per heavy atom. The van der Waals surface area contributed by atoms with Gasteiger partial charge in [0, 0.05) is 31.2 Å². The molecule has 6 rings (SSSR count). The van der Waals surface area contributed by atoms with Crippen LogP contribution in [-0.2, 0) is 14.9 Å². The zero-order chi connectivity index (χ0) is 24.1. The van der Waals surface area contributed by atoms with Gasteiger partial charge in [0.1, 0.15) is 12.2 Å². The van der Waals surface area contributed by atoms with Gasteiger partial charge in [0.15, 0.2) is 6.10 Å². The lowest BCUT2D eigenvalue weighted by molar-refractivity contribution is -0.945. The molecule has 3 saturated heterocycles. The van der Waals surface area contributed by atoms with Gasteiger partial charge in [0.2, 0.25) is 0 Å². The van der Waals surface area contributed by atoms with Crippen LogP contribution in [0, 0.1) is 5.92 Å². The minimum absolute atomic E-state index is 0.0153. The molecular formula is C28H37N4O3+. The van der Waals surface area contributed by atoms with E-state index in [1.807, 2.05) is 18.2 Å². The number of carbonyl (C=O) groups excluding carboxylic acids is 2. The van der Waals surface area contributed by atoms with Crippen molar-refractivity contribution in [3.05, 3.63) is 60.2 Å². The Bertz CT molecular complexity index is 997. The average molecular weight is 478 g/mol. The van der Waals surface area contributed by atoms with Crippen molar-refractivity contribution in [1.82, 2.24) is 15.3 Å². The molecule has 2 bridgehead atoms. The molecule has 1 N–H and O–H groups in total. The van der Waals surface area contributed by atoms with Crippen molar-refractivity contribution in [2.75, 3.05) is 32.7 Å². The monoisotopic (exact) mass is 477 g/mol. The predicted molar refractivity (Wildman–Crippen MR) is 133 cm³/mol. The third kappa shape index (κ3) is 5.10. The van der Waals surface area contributed by atoms with Gasteiger partial charge in [-0.25, -0.2) is 4.98 Å². The molecule has 35 heavy (non-hydrogen) atoms. The first-order chi connectivity index (χ1) is 17.1. The van der Waals surface area contributed by atoms with E-state index >= 15 is 0 Å². The molecule has 3 aliphatic heterocycles. The number of esters is 1. The molecule has 4 fully saturated rings. The molecule has 0 radical (unpaired) electrons. The summed E-state index contributed by atoms with van der Waals surface area (Å²) in [5.74, 6) is 0.245. The number of quaternary nitrogens is 1.